The molecule has 0 unspecified atom stereocenters. The lowest BCUT2D eigenvalue weighted by Crippen LogP contribution is -2.10. The first-order valence-corrected chi connectivity index (χ1v) is 3.93. The van der Waals surface area contributed by atoms with Crippen LogP contribution in [-0.4, -0.2) is 19.3 Å². The number of benzene rings is 1. The van der Waals surface area contributed by atoms with Gasteiger partial charge in [-0.2, -0.15) is 0 Å². The maximum atomic E-state index is 12.7. The number of carbonyl (C=O) groups is 1. The fraction of sp³-hybridized carbons (Fsp3) is 0.222. The molecule has 0 aliphatic rings. The van der Waals surface area contributed by atoms with Crippen LogP contribution in [0, 0.1) is 5.82 Å². The molecule has 1 aromatic rings. The van der Waals surface area contributed by atoms with E-state index in [0.717, 1.165) is 12.1 Å². The Labute approximate surface area is 79.5 Å². The van der Waals surface area contributed by atoms with Gasteiger partial charge in [-0.25, -0.2) is 13.6 Å². The number of hydrogen-bond acceptors (Lipinski definition) is 3. The van der Waals surface area contributed by atoms with E-state index >= 15 is 0 Å². The molecule has 14 heavy (non-hydrogen) atoms. The third-order valence-corrected chi connectivity index (χ3v) is 1.55. The highest BCUT2D eigenvalue weighted by Gasteiger charge is 2.11. The third-order valence-electron chi connectivity index (χ3n) is 1.55. The zero-order chi connectivity index (χ0) is 10.6. The Morgan fingerprint density at radius 2 is 2.21 bits per heavy atom. The van der Waals surface area contributed by atoms with Gasteiger partial charge in [-0.15, -0.1) is 0 Å². The quantitative estimate of drug-likeness (QED) is 0.596. The molecule has 1 aromatic carbocycles. The van der Waals surface area contributed by atoms with Gasteiger partial charge in [0.1, 0.15) is 19.1 Å². The molecule has 2 N–H and O–H groups in total. The zero-order valence-electron chi connectivity index (χ0n) is 7.30. The third kappa shape index (κ3) is 2.42. The number of carbonyl (C=O) groups excluding carboxylic acids is 1. The Bertz CT molecular complexity index is 342. The SMILES string of the molecule is Nc1ccc(F)cc1C(=O)OCCF. The van der Waals surface area contributed by atoms with E-state index in [1.807, 2.05) is 0 Å². The van der Waals surface area contributed by atoms with Gasteiger partial charge in [0.05, 0.1) is 5.56 Å². The van der Waals surface area contributed by atoms with E-state index in [2.05, 4.69) is 4.74 Å². The number of nitrogens with two attached hydrogens (primary N) is 1. The minimum Gasteiger partial charge on any atom is -0.459 e. The molecule has 0 amide bonds. The molecule has 0 saturated carbocycles. The molecule has 0 bridgehead atoms. The van der Waals surface area contributed by atoms with Crippen molar-refractivity contribution in [1.82, 2.24) is 0 Å². The van der Waals surface area contributed by atoms with Crippen LogP contribution in [0.5, 0.6) is 0 Å². The second kappa shape index (κ2) is 4.55. The maximum Gasteiger partial charge on any atom is 0.340 e. The van der Waals surface area contributed by atoms with Crippen LogP contribution in [-0.2, 0) is 4.74 Å². The number of nitrogen functional groups attached to an aromatic ring is 1. The first kappa shape index (κ1) is 10.4. The van der Waals surface area contributed by atoms with Gasteiger partial charge in [-0.3, -0.25) is 0 Å². The van der Waals surface area contributed by atoms with E-state index < -0.39 is 18.5 Å². The average molecular weight is 201 g/mol. The van der Waals surface area contributed by atoms with Gasteiger partial charge in [0.2, 0.25) is 0 Å². The first-order valence-electron chi connectivity index (χ1n) is 3.93. The van der Waals surface area contributed by atoms with Crippen LogP contribution >= 0.6 is 0 Å². The van der Waals surface area contributed by atoms with Crippen molar-refractivity contribution in [1.29, 1.82) is 0 Å². The molecule has 0 aliphatic carbocycles. The molecule has 1 rings (SSSR count). The second-order valence-electron chi connectivity index (χ2n) is 2.56. The molecule has 3 nitrogen and oxygen atoms in total. The highest BCUT2D eigenvalue weighted by Crippen LogP contribution is 2.14. The molecule has 0 atom stereocenters. The molecule has 0 fully saturated rings. The van der Waals surface area contributed by atoms with E-state index in [9.17, 15) is 13.6 Å². The number of halogens is 2. The topological polar surface area (TPSA) is 52.3 Å². The van der Waals surface area contributed by atoms with Crippen LogP contribution in [0.4, 0.5) is 14.5 Å². The number of rotatable bonds is 3. The number of esters is 1. The van der Waals surface area contributed by atoms with Gasteiger partial charge >= 0.3 is 5.97 Å². The molecule has 0 saturated heterocycles. The summed E-state index contributed by atoms with van der Waals surface area (Å²) in [5.41, 5.74) is 5.42. The van der Waals surface area contributed by atoms with Gasteiger partial charge in [0.25, 0.3) is 0 Å². The predicted molar refractivity (Wildman–Crippen MR) is 47.1 cm³/mol. The summed E-state index contributed by atoms with van der Waals surface area (Å²) in [6.45, 7) is -1.13. The Hall–Kier alpha value is -1.65. The van der Waals surface area contributed by atoms with Crippen molar-refractivity contribution in [3.63, 3.8) is 0 Å². The Balaban J connectivity index is 2.83. The van der Waals surface area contributed by atoms with Crippen LogP contribution in [0.1, 0.15) is 10.4 Å². The Morgan fingerprint density at radius 1 is 1.50 bits per heavy atom. The van der Waals surface area contributed by atoms with E-state index in [4.69, 9.17) is 5.73 Å². The summed E-state index contributed by atoms with van der Waals surface area (Å²) >= 11 is 0. The molecule has 0 aromatic heterocycles. The number of alkyl halides is 1. The van der Waals surface area contributed by atoms with Crippen LogP contribution in [0.2, 0.25) is 0 Å². The highest BCUT2D eigenvalue weighted by molar-refractivity contribution is 5.95. The summed E-state index contributed by atoms with van der Waals surface area (Å²) in [6, 6.07) is 3.33. The summed E-state index contributed by atoms with van der Waals surface area (Å²) in [7, 11) is 0. The molecule has 5 heteroatoms. The summed E-state index contributed by atoms with van der Waals surface area (Å²) in [5, 5.41) is 0. The van der Waals surface area contributed by atoms with Crippen LogP contribution in [0.15, 0.2) is 18.2 Å². The number of anilines is 1. The lowest BCUT2D eigenvalue weighted by Gasteiger charge is -2.04. The van der Waals surface area contributed by atoms with E-state index in [-0.39, 0.29) is 17.9 Å². The second-order valence-corrected chi connectivity index (χ2v) is 2.56. The minimum atomic E-state index is -0.820. The minimum absolute atomic E-state index is 0.0848. The largest absolute Gasteiger partial charge is 0.459 e. The van der Waals surface area contributed by atoms with E-state index in [0.29, 0.717) is 0 Å². The average Bonchev–Trinajstić information content (AvgIpc) is 2.18. The van der Waals surface area contributed by atoms with Crippen molar-refractivity contribution in [2.45, 2.75) is 0 Å². The standard InChI is InChI=1S/C9H9F2NO2/c10-3-4-14-9(13)7-5-6(11)1-2-8(7)12/h1-2,5H,3-4,12H2. The number of ether oxygens (including phenoxy) is 1. The van der Waals surface area contributed by atoms with Crippen molar-refractivity contribution in [3.05, 3.63) is 29.6 Å². The molecule has 76 valence electrons. The van der Waals surface area contributed by atoms with Crippen molar-refractivity contribution in [2.75, 3.05) is 19.0 Å². The molecule has 0 radical (unpaired) electrons. The van der Waals surface area contributed by atoms with Gasteiger partial charge in [-0.1, -0.05) is 0 Å². The molecule has 0 heterocycles. The van der Waals surface area contributed by atoms with Gasteiger partial charge in [0, 0.05) is 5.69 Å². The van der Waals surface area contributed by atoms with E-state index in [1.54, 1.807) is 0 Å². The molecule has 0 spiro atoms. The molecule has 0 aliphatic heterocycles. The summed E-state index contributed by atoms with van der Waals surface area (Å²) in [6.07, 6.45) is 0. The van der Waals surface area contributed by atoms with Crippen molar-refractivity contribution in [3.8, 4) is 0 Å². The van der Waals surface area contributed by atoms with Crippen LogP contribution in [0.3, 0.4) is 0 Å². The zero-order valence-corrected chi connectivity index (χ0v) is 7.30. The maximum absolute atomic E-state index is 12.7. The fourth-order valence-electron chi connectivity index (χ4n) is 0.914. The lowest BCUT2D eigenvalue weighted by atomic mass is 10.2. The lowest BCUT2D eigenvalue weighted by molar-refractivity contribution is 0.0482. The summed E-state index contributed by atoms with van der Waals surface area (Å²) < 4.78 is 28.8. The van der Waals surface area contributed by atoms with Crippen molar-refractivity contribution in [2.24, 2.45) is 0 Å². The first-order chi connectivity index (χ1) is 6.65. The van der Waals surface area contributed by atoms with Crippen molar-refractivity contribution < 1.29 is 18.3 Å². The van der Waals surface area contributed by atoms with Crippen LogP contribution < -0.4 is 5.73 Å². The Morgan fingerprint density at radius 3 is 2.86 bits per heavy atom. The van der Waals surface area contributed by atoms with Crippen LogP contribution in [0.25, 0.3) is 0 Å². The smallest absolute Gasteiger partial charge is 0.340 e. The van der Waals surface area contributed by atoms with Gasteiger partial charge in [0.15, 0.2) is 0 Å². The van der Waals surface area contributed by atoms with Gasteiger partial charge in [-0.05, 0) is 18.2 Å². The molecular weight excluding hydrogens is 192 g/mol. The van der Waals surface area contributed by atoms with Crippen molar-refractivity contribution >= 4 is 11.7 Å². The predicted octanol–water partition coefficient (Wildman–Crippen LogP) is 1.53. The summed E-state index contributed by atoms with van der Waals surface area (Å²) in [4.78, 5) is 11.1. The fourth-order valence-corrected chi connectivity index (χ4v) is 0.914. The Kier molecular flexibility index (Phi) is 3.39. The highest BCUT2D eigenvalue weighted by atomic mass is 19.1. The molecular formula is C9H9F2NO2. The normalized spacial score (nSPS) is 9.86. The summed E-state index contributed by atoms with van der Waals surface area (Å²) in [5.74, 6) is -1.41. The van der Waals surface area contributed by atoms with Gasteiger partial charge < -0.3 is 10.5 Å². The monoisotopic (exact) mass is 201 g/mol. The number of hydrogen-bond donors (Lipinski definition) is 1. The van der Waals surface area contributed by atoms with E-state index in [1.165, 1.54) is 6.07 Å².